The van der Waals surface area contributed by atoms with Gasteiger partial charge in [0.25, 0.3) is 5.91 Å². The number of hydrogen-bond donors (Lipinski definition) is 2. The van der Waals surface area contributed by atoms with E-state index in [4.69, 9.17) is 10.5 Å². The molecule has 0 aromatic heterocycles. The molecule has 1 aromatic carbocycles. The fourth-order valence-corrected chi connectivity index (χ4v) is 2.73. The van der Waals surface area contributed by atoms with Gasteiger partial charge in [-0.25, -0.2) is 0 Å². The molecule has 3 N–H and O–H groups in total. The van der Waals surface area contributed by atoms with E-state index in [0.29, 0.717) is 23.2 Å². The zero-order chi connectivity index (χ0) is 14.0. The molecule has 2 rings (SSSR count). The van der Waals surface area contributed by atoms with Gasteiger partial charge in [-0.05, 0) is 19.2 Å². The van der Waals surface area contributed by atoms with Crippen LogP contribution >= 0.6 is 11.8 Å². The van der Waals surface area contributed by atoms with Crippen molar-refractivity contribution in [2.24, 2.45) is 0 Å². The summed E-state index contributed by atoms with van der Waals surface area (Å²) in [6, 6.07) is 4.00. The number of hydrogen-bond acceptors (Lipinski definition) is 5. The van der Waals surface area contributed by atoms with Gasteiger partial charge in [-0.2, -0.15) is 11.8 Å². The number of nitrogens with zero attached hydrogens (tertiary/aromatic N) is 1. The van der Waals surface area contributed by atoms with Gasteiger partial charge in [-0.15, -0.1) is 0 Å². The second-order valence-corrected chi connectivity index (χ2v) is 5.57. The molecule has 19 heavy (non-hydrogen) atoms. The number of thioether (sulfide) groups is 1. The maximum atomic E-state index is 11.3. The molecule has 5 nitrogen and oxygen atoms in total. The molecule has 0 aliphatic carbocycles. The predicted octanol–water partition coefficient (Wildman–Crippen LogP) is 1.79. The first-order valence-electron chi connectivity index (χ1n) is 6.11. The Bertz CT molecular complexity index is 493. The van der Waals surface area contributed by atoms with E-state index in [1.807, 2.05) is 13.1 Å². The second-order valence-electron chi connectivity index (χ2n) is 4.66. The maximum Gasteiger partial charge on any atom is 0.262 e. The highest BCUT2D eigenvalue weighted by Gasteiger charge is 2.20. The Hall–Kier alpha value is -1.56. The first-order valence-corrected chi connectivity index (χ1v) is 7.50. The van der Waals surface area contributed by atoms with E-state index in [2.05, 4.69) is 23.4 Å². The van der Waals surface area contributed by atoms with Gasteiger partial charge >= 0.3 is 0 Å². The summed E-state index contributed by atoms with van der Waals surface area (Å²) in [7, 11) is 2.00. The van der Waals surface area contributed by atoms with Crippen molar-refractivity contribution in [3.05, 3.63) is 12.1 Å². The van der Waals surface area contributed by atoms with E-state index in [1.165, 1.54) is 0 Å². The van der Waals surface area contributed by atoms with Gasteiger partial charge in [0.2, 0.25) is 0 Å². The van der Waals surface area contributed by atoms with Gasteiger partial charge in [0.15, 0.2) is 6.61 Å². The Morgan fingerprint density at radius 2 is 2.32 bits per heavy atom. The molecule has 0 spiro atoms. The molecule has 0 radical (unpaired) electrons. The molecule has 1 aliphatic heterocycles. The monoisotopic (exact) mass is 281 g/mol. The van der Waals surface area contributed by atoms with E-state index >= 15 is 0 Å². The number of benzene rings is 1. The lowest BCUT2D eigenvalue weighted by atomic mass is 10.1. The standard InChI is InChI=1S/C13H19N3O2S/c1-8(7-19-3)16(2)11-5-10-12(4-9(11)14)18-6-13(17)15-10/h4-5,8H,6-7,14H2,1-3H3,(H,15,17). The average Bonchev–Trinajstić information content (AvgIpc) is 2.38. The summed E-state index contributed by atoms with van der Waals surface area (Å²) in [5, 5.41) is 2.80. The Kier molecular flexibility index (Phi) is 4.09. The number of rotatable bonds is 4. The molecule has 1 atom stereocenters. The van der Waals surface area contributed by atoms with Crippen molar-refractivity contribution >= 4 is 34.7 Å². The number of fused-ring (bicyclic) bond motifs is 1. The highest BCUT2D eigenvalue weighted by molar-refractivity contribution is 7.98. The summed E-state index contributed by atoms with van der Waals surface area (Å²) in [6.07, 6.45) is 2.08. The first kappa shape index (κ1) is 13.9. The van der Waals surface area contributed by atoms with E-state index in [1.54, 1.807) is 17.8 Å². The summed E-state index contributed by atoms with van der Waals surface area (Å²) < 4.78 is 5.34. The van der Waals surface area contributed by atoms with Crippen molar-refractivity contribution in [1.29, 1.82) is 0 Å². The number of nitrogens with one attached hydrogen (secondary N) is 1. The zero-order valence-corrected chi connectivity index (χ0v) is 12.2. The molecule has 1 amide bonds. The third-order valence-electron chi connectivity index (χ3n) is 3.21. The molecule has 1 heterocycles. The summed E-state index contributed by atoms with van der Waals surface area (Å²) in [4.78, 5) is 13.5. The number of amides is 1. The zero-order valence-electron chi connectivity index (χ0n) is 11.4. The quantitative estimate of drug-likeness (QED) is 0.824. The number of ether oxygens (including phenoxy) is 1. The summed E-state index contributed by atoms with van der Waals surface area (Å²) in [5.41, 5.74) is 8.32. The summed E-state index contributed by atoms with van der Waals surface area (Å²) >= 11 is 1.79. The molecule has 1 aliphatic rings. The molecule has 104 valence electrons. The van der Waals surface area contributed by atoms with E-state index in [-0.39, 0.29) is 12.5 Å². The molecular weight excluding hydrogens is 262 g/mol. The molecule has 0 saturated carbocycles. The van der Waals surface area contributed by atoms with Gasteiger partial charge < -0.3 is 20.7 Å². The molecular formula is C13H19N3O2S. The van der Waals surface area contributed by atoms with Crippen molar-refractivity contribution < 1.29 is 9.53 Å². The van der Waals surface area contributed by atoms with Crippen molar-refractivity contribution in [2.45, 2.75) is 13.0 Å². The van der Waals surface area contributed by atoms with Crippen LogP contribution in [0.4, 0.5) is 17.1 Å². The Morgan fingerprint density at radius 1 is 1.58 bits per heavy atom. The Labute approximate surface area is 117 Å². The van der Waals surface area contributed by atoms with Crippen LogP contribution in [-0.2, 0) is 4.79 Å². The van der Waals surface area contributed by atoms with Crippen LogP contribution in [0, 0.1) is 0 Å². The van der Waals surface area contributed by atoms with Crippen molar-refractivity contribution in [2.75, 3.05) is 41.6 Å². The third-order valence-corrected chi connectivity index (χ3v) is 4.03. The summed E-state index contributed by atoms with van der Waals surface area (Å²) in [6.45, 7) is 2.19. The molecule has 1 unspecified atom stereocenters. The summed E-state index contributed by atoms with van der Waals surface area (Å²) in [5.74, 6) is 1.50. The Morgan fingerprint density at radius 3 is 3.00 bits per heavy atom. The number of nitrogens with two attached hydrogens (primary N) is 1. The van der Waals surface area contributed by atoms with Crippen LogP contribution < -0.4 is 20.7 Å². The van der Waals surface area contributed by atoms with E-state index in [0.717, 1.165) is 11.4 Å². The molecule has 0 saturated heterocycles. The number of nitrogen functional groups attached to an aromatic ring is 1. The van der Waals surface area contributed by atoms with Gasteiger partial charge in [-0.3, -0.25) is 4.79 Å². The van der Waals surface area contributed by atoms with Gasteiger partial charge in [0.05, 0.1) is 17.1 Å². The number of carbonyl (C=O) groups excluding carboxylic acids is 1. The van der Waals surface area contributed by atoms with Crippen LogP contribution in [-0.4, -0.2) is 37.6 Å². The predicted molar refractivity (Wildman–Crippen MR) is 81.2 cm³/mol. The molecule has 1 aromatic rings. The topological polar surface area (TPSA) is 67.6 Å². The lowest BCUT2D eigenvalue weighted by molar-refractivity contribution is -0.118. The van der Waals surface area contributed by atoms with Gasteiger partial charge in [-0.1, -0.05) is 0 Å². The Balaban J connectivity index is 2.31. The normalized spacial score (nSPS) is 15.2. The number of carbonyl (C=O) groups is 1. The van der Waals surface area contributed by atoms with Crippen LogP contribution in [0.25, 0.3) is 0 Å². The van der Waals surface area contributed by atoms with Crippen molar-refractivity contribution in [3.63, 3.8) is 0 Å². The molecule has 0 fully saturated rings. The third kappa shape index (κ3) is 2.89. The van der Waals surface area contributed by atoms with E-state index < -0.39 is 0 Å². The van der Waals surface area contributed by atoms with Gasteiger partial charge in [0, 0.05) is 24.9 Å². The van der Waals surface area contributed by atoms with Crippen molar-refractivity contribution in [1.82, 2.24) is 0 Å². The first-order chi connectivity index (χ1) is 9.02. The molecule has 0 bridgehead atoms. The average molecular weight is 281 g/mol. The minimum atomic E-state index is -0.136. The highest BCUT2D eigenvalue weighted by Crippen LogP contribution is 2.37. The number of anilines is 3. The van der Waals surface area contributed by atoms with Gasteiger partial charge in [0.1, 0.15) is 5.75 Å². The van der Waals surface area contributed by atoms with Crippen LogP contribution in [0.3, 0.4) is 0 Å². The molecule has 6 heteroatoms. The van der Waals surface area contributed by atoms with Crippen LogP contribution in [0.2, 0.25) is 0 Å². The van der Waals surface area contributed by atoms with Crippen LogP contribution in [0.1, 0.15) is 6.92 Å². The minimum absolute atomic E-state index is 0.0461. The fourth-order valence-electron chi connectivity index (χ4n) is 2.03. The largest absolute Gasteiger partial charge is 0.482 e. The van der Waals surface area contributed by atoms with E-state index in [9.17, 15) is 4.79 Å². The van der Waals surface area contributed by atoms with Crippen molar-refractivity contribution in [3.8, 4) is 5.75 Å². The second kappa shape index (κ2) is 5.61. The van der Waals surface area contributed by atoms with Crippen LogP contribution in [0.15, 0.2) is 12.1 Å². The SMILES string of the molecule is CSCC(C)N(C)c1cc2c(cc1N)OCC(=O)N2. The maximum absolute atomic E-state index is 11.3. The van der Waals surface area contributed by atoms with Crippen LogP contribution in [0.5, 0.6) is 5.75 Å². The lowest BCUT2D eigenvalue weighted by Gasteiger charge is -2.29. The fraction of sp³-hybridized carbons (Fsp3) is 0.462. The lowest BCUT2D eigenvalue weighted by Crippen LogP contribution is -2.32. The minimum Gasteiger partial charge on any atom is -0.482 e. The smallest absolute Gasteiger partial charge is 0.262 e. The highest BCUT2D eigenvalue weighted by atomic mass is 32.2.